The van der Waals surface area contributed by atoms with Gasteiger partial charge in [0.15, 0.2) is 0 Å². The van der Waals surface area contributed by atoms with E-state index >= 15 is 0 Å². The first kappa shape index (κ1) is 11.4. The maximum absolute atomic E-state index is 11.1. The maximum atomic E-state index is 11.1. The molecule has 1 saturated heterocycles. The molecule has 6 heteroatoms. The Balaban J connectivity index is 2.30. The Labute approximate surface area is 94.3 Å². The quantitative estimate of drug-likeness (QED) is 0.683. The van der Waals surface area contributed by atoms with Crippen molar-refractivity contribution in [1.29, 1.82) is 0 Å². The largest absolute Gasteiger partial charge is 0.513 e. The summed E-state index contributed by atoms with van der Waals surface area (Å²) in [6.07, 6.45) is 2.76. The summed E-state index contributed by atoms with van der Waals surface area (Å²) >= 11 is 0. The highest BCUT2D eigenvalue weighted by Crippen LogP contribution is 2.36. The minimum Gasteiger partial charge on any atom is -0.398 e. The number of nitrogens with zero attached hydrogens (tertiary/aromatic N) is 1. The van der Waals surface area contributed by atoms with Gasteiger partial charge >= 0.3 is 7.12 Å². The summed E-state index contributed by atoms with van der Waals surface area (Å²) in [4.78, 5) is 17.6. The number of aromatic nitrogens is 2. The summed E-state index contributed by atoms with van der Waals surface area (Å²) in [5, 5.41) is 0. The van der Waals surface area contributed by atoms with Gasteiger partial charge in [-0.15, -0.1) is 0 Å². The number of H-pyrrole nitrogens is 1. The van der Waals surface area contributed by atoms with Crippen LogP contribution in [0.2, 0.25) is 0 Å². The molecule has 0 atom stereocenters. The molecule has 0 saturated carbocycles. The SMILES string of the molecule is CC1(C)OB(c2cncc(=O)[nH]2)OC1(C)C. The molecule has 0 amide bonds. The van der Waals surface area contributed by atoms with Gasteiger partial charge in [0.25, 0.3) is 5.56 Å². The molecule has 0 bridgehead atoms. The van der Waals surface area contributed by atoms with E-state index in [4.69, 9.17) is 9.31 Å². The van der Waals surface area contributed by atoms with Crippen LogP contribution in [0, 0.1) is 0 Å². The first-order valence-electron chi connectivity index (χ1n) is 5.22. The van der Waals surface area contributed by atoms with Crippen molar-refractivity contribution in [2.24, 2.45) is 0 Å². The zero-order valence-corrected chi connectivity index (χ0v) is 9.90. The predicted octanol–water partition coefficient (Wildman–Crippen LogP) is 0.0691. The number of rotatable bonds is 1. The van der Waals surface area contributed by atoms with Gasteiger partial charge in [0.1, 0.15) is 0 Å². The molecule has 16 heavy (non-hydrogen) atoms. The number of aromatic amines is 1. The fraction of sp³-hybridized carbons (Fsp3) is 0.600. The molecular weight excluding hydrogens is 207 g/mol. The maximum Gasteiger partial charge on any atom is 0.513 e. The van der Waals surface area contributed by atoms with Crippen LogP contribution >= 0.6 is 0 Å². The van der Waals surface area contributed by atoms with Crippen molar-refractivity contribution < 1.29 is 9.31 Å². The minimum atomic E-state index is -0.564. The second-order valence-electron chi connectivity index (χ2n) is 4.94. The van der Waals surface area contributed by atoms with Crippen molar-refractivity contribution in [3.05, 3.63) is 22.7 Å². The topological polar surface area (TPSA) is 64.2 Å². The van der Waals surface area contributed by atoms with Crippen molar-refractivity contribution in [2.75, 3.05) is 0 Å². The van der Waals surface area contributed by atoms with Crippen molar-refractivity contribution in [3.8, 4) is 0 Å². The van der Waals surface area contributed by atoms with Crippen LogP contribution in [-0.4, -0.2) is 28.3 Å². The molecule has 1 N–H and O–H groups in total. The molecule has 2 rings (SSSR count). The van der Waals surface area contributed by atoms with E-state index in [1.54, 1.807) is 6.20 Å². The van der Waals surface area contributed by atoms with Gasteiger partial charge in [-0.1, -0.05) is 0 Å². The third kappa shape index (κ3) is 1.78. The molecule has 0 aromatic carbocycles. The van der Waals surface area contributed by atoms with E-state index in [0.29, 0.717) is 5.59 Å². The van der Waals surface area contributed by atoms with Crippen LogP contribution in [0.15, 0.2) is 17.2 Å². The van der Waals surface area contributed by atoms with Crippen molar-refractivity contribution >= 4 is 12.7 Å². The van der Waals surface area contributed by atoms with Crippen LogP contribution in [0.25, 0.3) is 0 Å². The Kier molecular flexibility index (Phi) is 2.43. The van der Waals surface area contributed by atoms with Gasteiger partial charge in [-0.05, 0) is 27.7 Å². The van der Waals surface area contributed by atoms with E-state index in [0.717, 1.165) is 0 Å². The summed E-state index contributed by atoms with van der Waals surface area (Å²) in [6, 6.07) is 0. The molecule has 0 radical (unpaired) electrons. The molecular formula is C10H15BN2O3. The Bertz CT molecular complexity index is 439. The average Bonchev–Trinajstić information content (AvgIpc) is 2.36. The minimum absolute atomic E-state index is 0.257. The predicted molar refractivity (Wildman–Crippen MR) is 60.6 cm³/mol. The van der Waals surface area contributed by atoms with Crippen LogP contribution in [0.3, 0.4) is 0 Å². The first-order valence-corrected chi connectivity index (χ1v) is 5.22. The summed E-state index contributed by atoms with van der Waals surface area (Å²) in [6.45, 7) is 7.84. The number of hydrogen-bond acceptors (Lipinski definition) is 4. The van der Waals surface area contributed by atoms with Gasteiger partial charge in [-0.25, -0.2) is 0 Å². The highest BCUT2D eigenvalue weighted by molar-refractivity contribution is 6.61. The summed E-state index contributed by atoms with van der Waals surface area (Å²) in [5.74, 6) is 0. The standard InChI is InChI=1S/C10H15BN2O3/c1-9(2)10(3,4)16-11(15-9)7-5-12-6-8(14)13-7/h5-6H,1-4H3,(H,13,14). The van der Waals surface area contributed by atoms with E-state index in [2.05, 4.69) is 9.97 Å². The van der Waals surface area contributed by atoms with Crippen molar-refractivity contribution in [3.63, 3.8) is 0 Å². The molecule has 0 aliphatic carbocycles. The molecule has 0 spiro atoms. The number of hydrogen-bond donors (Lipinski definition) is 1. The highest BCUT2D eigenvalue weighted by Gasteiger charge is 2.52. The first-order chi connectivity index (χ1) is 7.32. The molecule has 1 aromatic heterocycles. The van der Waals surface area contributed by atoms with Gasteiger partial charge in [0.05, 0.1) is 23.0 Å². The van der Waals surface area contributed by atoms with E-state index in [-0.39, 0.29) is 5.56 Å². The summed E-state index contributed by atoms with van der Waals surface area (Å²) < 4.78 is 11.5. The molecule has 1 fully saturated rings. The van der Waals surface area contributed by atoms with Crippen LogP contribution in [0.4, 0.5) is 0 Å². The van der Waals surface area contributed by atoms with Gasteiger partial charge in [0, 0.05) is 6.20 Å². The van der Waals surface area contributed by atoms with Crippen LogP contribution in [0.5, 0.6) is 0 Å². The lowest BCUT2D eigenvalue weighted by molar-refractivity contribution is 0.00578. The second-order valence-corrected chi connectivity index (χ2v) is 4.94. The molecule has 0 unspecified atom stereocenters. The fourth-order valence-corrected chi connectivity index (χ4v) is 1.48. The second kappa shape index (κ2) is 3.43. The highest BCUT2D eigenvalue weighted by atomic mass is 16.7. The normalized spacial score (nSPS) is 22.4. The molecule has 1 aliphatic rings. The number of nitrogens with one attached hydrogen (secondary N) is 1. The Morgan fingerprint density at radius 3 is 2.25 bits per heavy atom. The van der Waals surface area contributed by atoms with Gasteiger partial charge < -0.3 is 14.3 Å². The summed E-state index contributed by atoms with van der Waals surface area (Å²) in [5.41, 5.74) is -0.534. The molecule has 5 nitrogen and oxygen atoms in total. The fourth-order valence-electron chi connectivity index (χ4n) is 1.48. The van der Waals surface area contributed by atoms with Crippen LogP contribution in [0.1, 0.15) is 27.7 Å². The van der Waals surface area contributed by atoms with Gasteiger partial charge in [0.2, 0.25) is 0 Å². The van der Waals surface area contributed by atoms with E-state index in [1.807, 2.05) is 27.7 Å². The molecule has 1 aromatic rings. The summed E-state index contributed by atoms with van der Waals surface area (Å²) in [7, 11) is -0.564. The lowest BCUT2D eigenvalue weighted by Gasteiger charge is -2.32. The van der Waals surface area contributed by atoms with Gasteiger partial charge in [-0.3, -0.25) is 9.78 Å². The van der Waals surface area contributed by atoms with E-state index in [9.17, 15) is 4.79 Å². The van der Waals surface area contributed by atoms with Crippen molar-refractivity contribution in [2.45, 2.75) is 38.9 Å². The zero-order chi connectivity index (χ0) is 12.0. The van der Waals surface area contributed by atoms with Gasteiger partial charge in [-0.2, -0.15) is 0 Å². The van der Waals surface area contributed by atoms with E-state index < -0.39 is 18.3 Å². The monoisotopic (exact) mass is 222 g/mol. The third-order valence-corrected chi connectivity index (χ3v) is 3.18. The molecule has 86 valence electrons. The lowest BCUT2D eigenvalue weighted by Crippen LogP contribution is -2.41. The Morgan fingerprint density at radius 2 is 1.75 bits per heavy atom. The average molecular weight is 222 g/mol. The Morgan fingerprint density at radius 1 is 1.19 bits per heavy atom. The molecule has 2 heterocycles. The third-order valence-electron chi connectivity index (χ3n) is 3.18. The van der Waals surface area contributed by atoms with E-state index in [1.165, 1.54) is 6.20 Å². The lowest BCUT2D eigenvalue weighted by atomic mass is 9.85. The van der Waals surface area contributed by atoms with Crippen molar-refractivity contribution in [1.82, 2.24) is 9.97 Å². The zero-order valence-electron chi connectivity index (χ0n) is 9.90. The molecule has 1 aliphatic heterocycles. The van der Waals surface area contributed by atoms with Crippen LogP contribution < -0.4 is 11.2 Å². The van der Waals surface area contributed by atoms with Crippen LogP contribution in [-0.2, 0) is 9.31 Å². The Hall–Kier alpha value is -1.14. The smallest absolute Gasteiger partial charge is 0.398 e.